The second-order valence-corrected chi connectivity index (χ2v) is 7.36. The molecule has 2 aromatic carbocycles. The van der Waals surface area contributed by atoms with Crippen molar-refractivity contribution >= 4 is 21.8 Å². The largest absolute Gasteiger partial charge is 0.317 e. The van der Waals surface area contributed by atoms with Gasteiger partial charge in [-0.25, -0.2) is 4.39 Å². The fourth-order valence-electron chi connectivity index (χ4n) is 4.04. The van der Waals surface area contributed by atoms with E-state index in [1.165, 1.54) is 6.07 Å². The Morgan fingerprint density at radius 3 is 2.50 bits per heavy atom. The maximum atomic E-state index is 14.8. The van der Waals surface area contributed by atoms with E-state index in [0.717, 1.165) is 47.8 Å². The number of rotatable bonds is 2. The Labute approximate surface area is 161 Å². The van der Waals surface area contributed by atoms with Crippen LogP contribution in [0, 0.1) is 17.1 Å². The van der Waals surface area contributed by atoms with E-state index in [-0.39, 0.29) is 5.82 Å². The topological polar surface area (TPSA) is 71.5 Å². The quantitative estimate of drug-likeness (QED) is 0.583. The molecule has 0 aliphatic carbocycles. The van der Waals surface area contributed by atoms with Gasteiger partial charge in [0, 0.05) is 30.2 Å². The van der Waals surface area contributed by atoms with Gasteiger partial charge in [0.15, 0.2) is 5.82 Å². The maximum Gasteiger partial charge on any atom is 0.151 e. The fraction of sp³-hybridized carbons (Fsp3) is 0.286. The van der Waals surface area contributed by atoms with E-state index >= 15 is 0 Å². The van der Waals surface area contributed by atoms with Gasteiger partial charge < -0.3 is 5.32 Å². The van der Waals surface area contributed by atoms with Crippen molar-refractivity contribution in [3.8, 4) is 17.2 Å². The Morgan fingerprint density at radius 1 is 1.04 bits per heavy atom. The molecule has 1 aliphatic rings. The second-order valence-electron chi connectivity index (χ2n) is 7.36. The van der Waals surface area contributed by atoms with Crippen LogP contribution in [-0.4, -0.2) is 32.7 Å². The summed E-state index contributed by atoms with van der Waals surface area (Å²) in [6.45, 7) is 1.91. The predicted octanol–water partition coefficient (Wildman–Crippen LogP) is 3.53. The molecule has 1 fully saturated rings. The molecule has 0 spiro atoms. The highest BCUT2D eigenvalue weighted by Crippen LogP contribution is 2.31. The molecule has 4 aromatic rings. The van der Waals surface area contributed by atoms with Crippen LogP contribution in [-0.2, 0) is 7.05 Å². The van der Waals surface area contributed by atoms with Gasteiger partial charge in [-0.2, -0.15) is 15.5 Å². The van der Waals surface area contributed by atoms with Crippen molar-refractivity contribution in [2.45, 2.75) is 18.9 Å². The van der Waals surface area contributed by atoms with Gasteiger partial charge in [-0.3, -0.25) is 9.36 Å². The molecule has 1 saturated heterocycles. The summed E-state index contributed by atoms with van der Waals surface area (Å²) in [6.07, 6.45) is 5.78. The molecule has 0 amide bonds. The van der Waals surface area contributed by atoms with Gasteiger partial charge in [-0.15, -0.1) is 0 Å². The standard InChI is InChI=1S/C21H19FN6/c1-27-11-16-7-13(6-15(10-23)20(16)25-27)14-8-17-12-28(18-2-4-24-5-3-18)26-21(17)19(22)9-14/h6-9,11-12,18,24H,2-5H2,1H3. The van der Waals surface area contributed by atoms with Gasteiger partial charge in [0.25, 0.3) is 0 Å². The minimum atomic E-state index is -0.343. The summed E-state index contributed by atoms with van der Waals surface area (Å²) >= 11 is 0. The number of aromatic nitrogens is 4. The molecule has 2 aromatic heterocycles. The van der Waals surface area contributed by atoms with Crippen LogP contribution < -0.4 is 5.32 Å². The van der Waals surface area contributed by atoms with E-state index < -0.39 is 0 Å². The molecule has 28 heavy (non-hydrogen) atoms. The van der Waals surface area contributed by atoms with E-state index in [1.807, 2.05) is 36.3 Å². The van der Waals surface area contributed by atoms with Crippen LogP contribution in [0.2, 0.25) is 0 Å². The first-order valence-corrected chi connectivity index (χ1v) is 9.39. The van der Waals surface area contributed by atoms with Crippen molar-refractivity contribution in [3.63, 3.8) is 0 Å². The molecule has 5 rings (SSSR count). The number of nitrogens with zero attached hydrogens (tertiary/aromatic N) is 5. The van der Waals surface area contributed by atoms with E-state index in [2.05, 4.69) is 21.6 Å². The summed E-state index contributed by atoms with van der Waals surface area (Å²) in [7, 11) is 1.82. The Balaban J connectivity index is 1.63. The van der Waals surface area contributed by atoms with Gasteiger partial charge in [0.1, 0.15) is 17.1 Å². The van der Waals surface area contributed by atoms with Crippen LogP contribution in [0.25, 0.3) is 32.9 Å². The van der Waals surface area contributed by atoms with Crippen LogP contribution in [0.5, 0.6) is 0 Å². The highest BCUT2D eigenvalue weighted by molar-refractivity contribution is 5.91. The monoisotopic (exact) mass is 374 g/mol. The Morgan fingerprint density at radius 2 is 1.75 bits per heavy atom. The number of hydrogen-bond acceptors (Lipinski definition) is 4. The van der Waals surface area contributed by atoms with Crippen molar-refractivity contribution in [2.75, 3.05) is 13.1 Å². The molecule has 3 heterocycles. The molecule has 1 N–H and O–H groups in total. The van der Waals surface area contributed by atoms with Gasteiger partial charge in [-0.05, 0) is 61.3 Å². The first-order chi connectivity index (χ1) is 13.6. The number of nitrogens with one attached hydrogen (secondary N) is 1. The summed E-state index contributed by atoms with van der Waals surface area (Å²) in [5.74, 6) is -0.343. The van der Waals surface area contributed by atoms with Crippen molar-refractivity contribution in [1.82, 2.24) is 24.9 Å². The fourth-order valence-corrected chi connectivity index (χ4v) is 4.04. The third kappa shape index (κ3) is 2.74. The van der Waals surface area contributed by atoms with E-state index in [1.54, 1.807) is 10.7 Å². The van der Waals surface area contributed by atoms with Gasteiger partial charge in [0.05, 0.1) is 11.6 Å². The zero-order valence-electron chi connectivity index (χ0n) is 15.5. The number of nitriles is 1. The summed E-state index contributed by atoms with van der Waals surface area (Å²) in [5, 5.41) is 23.3. The molecule has 0 unspecified atom stereocenters. The number of hydrogen-bond donors (Lipinski definition) is 1. The first-order valence-electron chi connectivity index (χ1n) is 9.39. The molecule has 0 saturated carbocycles. The zero-order chi connectivity index (χ0) is 19.3. The number of aryl methyl sites for hydroxylation is 1. The molecule has 0 atom stereocenters. The Kier molecular flexibility index (Phi) is 3.88. The highest BCUT2D eigenvalue weighted by atomic mass is 19.1. The molecule has 6 nitrogen and oxygen atoms in total. The van der Waals surface area contributed by atoms with Gasteiger partial charge >= 0.3 is 0 Å². The molecule has 140 valence electrons. The lowest BCUT2D eigenvalue weighted by molar-refractivity contribution is 0.344. The van der Waals surface area contributed by atoms with Crippen molar-refractivity contribution in [2.24, 2.45) is 7.05 Å². The second kappa shape index (κ2) is 6.43. The van der Waals surface area contributed by atoms with E-state index in [4.69, 9.17) is 0 Å². The van der Waals surface area contributed by atoms with Crippen molar-refractivity contribution in [1.29, 1.82) is 5.26 Å². The lowest BCUT2D eigenvalue weighted by Crippen LogP contribution is -2.29. The highest BCUT2D eigenvalue weighted by Gasteiger charge is 2.18. The van der Waals surface area contributed by atoms with Crippen molar-refractivity contribution in [3.05, 3.63) is 48.0 Å². The Bertz CT molecular complexity index is 1240. The summed E-state index contributed by atoms with van der Waals surface area (Å²) in [4.78, 5) is 0. The van der Waals surface area contributed by atoms with Gasteiger partial charge in [-0.1, -0.05) is 0 Å². The predicted molar refractivity (Wildman–Crippen MR) is 105 cm³/mol. The van der Waals surface area contributed by atoms with Crippen LogP contribution in [0.3, 0.4) is 0 Å². The summed E-state index contributed by atoms with van der Waals surface area (Å²) in [5.41, 5.74) is 3.07. The maximum absolute atomic E-state index is 14.8. The number of benzene rings is 2. The molecule has 1 aliphatic heterocycles. The smallest absolute Gasteiger partial charge is 0.151 e. The summed E-state index contributed by atoms with van der Waals surface area (Å²) in [6, 6.07) is 9.66. The van der Waals surface area contributed by atoms with Crippen LogP contribution >= 0.6 is 0 Å². The SMILES string of the molecule is Cn1cc2cc(-c3cc(F)c4nn(C5CCNCC5)cc4c3)cc(C#N)c2n1. The van der Waals surface area contributed by atoms with Crippen LogP contribution in [0.4, 0.5) is 4.39 Å². The molecular weight excluding hydrogens is 355 g/mol. The van der Waals surface area contributed by atoms with Crippen LogP contribution in [0.1, 0.15) is 24.4 Å². The molecule has 0 radical (unpaired) electrons. The van der Waals surface area contributed by atoms with Gasteiger partial charge in [0.2, 0.25) is 0 Å². The number of fused-ring (bicyclic) bond motifs is 2. The lowest BCUT2D eigenvalue weighted by Gasteiger charge is -2.22. The minimum absolute atomic E-state index is 0.299. The average molecular weight is 374 g/mol. The van der Waals surface area contributed by atoms with Crippen molar-refractivity contribution < 1.29 is 4.39 Å². The summed E-state index contributed by atoms with van der Waals surface area (Å²) < 4.78 is 18.4. The van der Waals surface area contributed by atoms with Crippen LogP contribution in [0.15, 0.2) is 36.7 Å². The number of halogens is 1. The first kappa shape index (κ1) is 16.9. The molecule has 7 heteroatoms. The molecular formula is C21H19FN6. The zero-order valence-corrected chi connectivity index (χ0v) is 15.5. The van der Waals surface area contributed by atoms with E-state index in [9.17, 15) is 9.65 Å². The normalized spacial score (nSPS) is 15.3. The third-order valence-corrected chi connectivity index (χ3v) is 5.44. The lowest BCUT2D eigenvalue weighted by atomic mass is 9.99. The third-order valence-electron chi connectivity index (χ3n) is 5.44. The number of piperidine rings is 1. The molecule has 0 bridgehead atoms. The minimum Gasteiger partial charge on any atom is -0.317 e. The average Bonchev–Trinajstić information content (AvgIpc) is 3.30. The van der Waals surface area contributed by atoms with E-state index in [0.29, 0.717) is 22.6 Å². The Hall–Kier alpha value is -3.24.